The summed E-state index contributed by atoms with van der Waals surface area (Å²) < 4.78 is 48.5. The first kappa shape index (κ1) is 40.7. The monoisotopic (exact) mass is 811 g/mol. The molecule has 0 aliphatic carbocycles. The quantitative estimate of drug-likeness (QED) is 0.0851. The first-order valence-electron chi connectivity index (χ1n) is 20.8. The summed E-state index contributed by atoms with van der Waals surface area (Å²) in [6.07, 6.45) is -1.31. The smallest absolute Gasteiger partial charge is 0.416 e. The second kappa shape index (κ2) is 15.5. The predicted octanol–water partition coefficient (Wildman–Crippen LogP) is 13.3. The number of rotatable bonds is 10. The van der Waals surface area contributed by atoms with Gasteiger partial charge in [0.05, 0.1) is 29.9 Å². The summed E-state index contributed by atoms with van der Waals surface area (Å²) in [6, 6.07) is 40.4. The lowest BCUT2D eigenvalue weighted by atomic mass is 9.71. The molecule has 2 bridgehead atoms. The number of fused-ring (bicyclic) bond motifs is 4. The molecule has 4 nitrogen and oxygen atoms in total. The molecule has 304 valence electrons. The van der Waals surface area contributed by atoms with E-state index in [4.69, 9.17) is 9.41 Å². The molecule has 0 spiro atoms. The molecule has 0 amide bonds. The van der Waals surface area contributed by atoms with E-state index in [-0.39, 0.29) is 11.1 Å². The maximum atomic E-state index is 13.5. The molecule has 6 aromatic rings. The van der Waals surface area contributed by atoms with Crippen molar-refractivity contribution < 1.29 is 27.2 Å². The first-order chi connectivity index (χ1) is 28.1. The van der Waals surface area contributed by atoms with Crippen molar-refractivity contribution in [2.24, 2.45) is 11.8 Å². The molecule has 3 aliphatic rings. The second-order valence-corrected chi connectivity index (χ2v) is 23.0. The van der Waals surface area contributed by atoms with Crippen molar-refractivity contribution in [2.45, 2.75) is 76.6 Å². The molecule has 9 rings (SSSR count). The van der Waals surface area contributed by atoms with Gasteiger partial charge < -0.3 is 14.0 Å². The number of aliphatic hydroxyl groups is 1. The van der Waals surface area contributed by atoms with E-state index >= 15 is 0 Å². The standard InChI is InChI=1S/C51H54F3N2O2Si/c1-7-35-33-56(32-34-28-42(36-16-10-8-11-17-36)49(58-59(5,6)50(2,3)4)43(29-34)37-18-12-9-13-19-37)27-26-39(35)30-47(56)48(57)44-31-46(55-45-21-15-14-20-41(44)45)38-22-24-40(25-23-38)51(52,53)54/h7-25,28-29,31,35,39,47-48,57H,1,26-27,30,32-33H2,2-6H3/q+1/t35-,39-,47+,48-,56+/m0/s1. The van der Waals surface area contributed by atoms with Gasteiger partial charge in [-0.15, -0.1) is 6.58 Å². The Morgan fingerprint density at radius 1 is 0.831 bits per heavy atom. The molecule has 1 aromatic heterocycles. The number of aromatic nitrogens is 1. The van der Waals surface area contributed by atoms with Crippen molar-refractivity contribution in [1.29, 1.82) is 0 Å². The normalized spacial score (nSPS) is 21.3. The van der Waals surface area contributed by atoms with Gasteiger partial charge in [-0.25, -0.2) is 4.98 Å². The van der Waals surface area contributed by atoms with Crippen LogP contribution in [-0.4, -0.2) is 42.0 Å². The van der Waals surface area contributed by atoms with Gasteiger partial charge in [-0.3, -0.25) is 0 Å². The van der Waals surface area contributed by atoms with Crippen LogP contribution in [0, 0.1) is 11.8 Å². The summed E-state index contributed by atoms with van der Waals surface area (Å²) in [7, 11) is -2.29. The van der Waals surface area contributed by atoms with Gasteiger partial charge in [0.25, 0.3) is 8.32 Å². The highest BCUT2D eigenvalue weighted by Crippen LogP contribution is 2.51. The average molecular weight is 812 g/mol. The lowest BCUT2D eigenvalue weighted by Gasteiger charge is -2.58. The van der Waals surface area contributed by atoms with Gasteiger partial charge in [0.2, 0.25) is 0 Å². The van der Waals surface area contributed by atoms with Crippen molar-refractivity contribution in [3.63, 3.8) is 0 Å². The van der Waals surface area contributed by atoms with Gasteiger partial charge in [0.15, 0.2) is 0 Å². The molecule has 3 fully saturated rings. The van der Waals surface area contributed by atoms with Crippen molar-refractivity contribution in [1.82, 2.24) is 4.98 Å². The van der Waals surface area contributed by atoms with E-state index in [1.54, 1.807) is 0 Å². The van der Waals surface area contributed by atoms with Crippen molar-refractivity contribution in [3.8, 4) is 39.3 Å². The van der Waals surface area contributed by atoms with Crippen LogP contribution in [0.4, 0.5) is 13.2 Å². The molecule has 3 aliphatic heterocycles. The molecular weight excluding hydrogens is 758 g/mol. The molecule has 59 heavy (non-hydrogen) atoms. The molecule has 0 radical (unpaired) electrons. The Morgan fingerprint density at radius 2 is 1.42 bits per heavy atom. The van der Waals surface area contributed by atoms with E-state index in [2.05, 4.69) is 107 Å². The minimum absolute atomic E-state index is 0.0171. The summed E-state index contributed by atoms with van der Waals surface area (Å²) in [4.78, 5) is 4.89. The Morgan fingerprint density at radius 3 is 2.00 bits per heavy atom. The van der Waals surface area contributed by atoms with Gasteiger partial charge >= 0.3 is 6.18 Å². The van der Waals surface area contributed by atoms with Gasteiger partial charge in [-0.2, -0.15) is 13.2 Å². The summed E-state index contributed by atoms with van der Waals surface area (Å²) >= 11 is 0. The maximum absolute atomic E-state index is 13.5. The molecule has 0 saturated carbocycles. The van der Waals surface area contributed by atoms with Crippen LogP contribution in [0.1, 0.15) is 56.4 Å². The van der Waals surface area contributed by atoms with Crippen LogP contribution in [-0.2, 0) is 12.7 Å². The average Bonchev–Trinajstić information content (AvgIpc) is 3.23. The van der Waals surface area contributed by atoms with E-state index in [1.165, 1.54) is 17.7 Å². The van der Waals surface area contributed by atoms with E-state index in [0.29, 0.717) is 39.6 Å². The number of benzene rings is 5. The Hall–Kier alpha value is -5.02. The largest absolute Gasteiger partial charge is 0.543 e. The van der Waals surface area contributed by atoms with Crippen molar-refractivity contribution in [2.75, 3.05) is 13.1 Å². The zero-order valence-electron chi connectivity index (χ0n) is 34.6. The van der Waals surface area contributed by atoms with E-state index in [9.17, 15) is 18.3 Å². The third kappa shape index (κ3) is 7.90. The SMILES string of the molecule is C=C[C@H]1C[N@+]2(Cc3cc(-c4ccccc4)c(O[Si](C)(C)C(C)(C)C)c(-c4ccccc4)c3)CC[C@H]1C[C@@H]2[C@@H](O)c1cc(-c2ccc(C(F)(F)F)cc2)nc2ccccc12. The number of pyridine rings is 1. The van der Waals surface area contributed by atoms with Gasteiger partial charge in [0, 0.05) is 46.4 Å². The Kier molecular flexibility index (Phi) is 10.7. The highest BCUT2D eigenvalue weighted by Gasteiger charge is 2.54. The summed E-state index contributed by atoms with van der Waals surface area (Å²) in [5, 5.41) is 13.7. The third-order valence-corrected chi connectivity index (χ3v) is 17.9. The number of halogens is 3. The van der Waals surface area contributed by atoms with Crippen molar-refractivity contribution >= 4 is 19.2 Å². The van der Waals surface area contributed by atoms with Crippen LogP contribution in [0.5, 0.6) is 5.75 Å². The van der Waals surface area contributed by atoms with Crippen LogP contribution in [0.3, 0.4) is 0 Å². The third-order valence-electron chi connectivity index (χ3n) is 13.6. The molecule has 3 saturated heterocycles. The number of hydrogen-bond acceptors (Lipinski definition) is 3. The maximum Gasteiger partial charge on any atom is 0.416 e. The zero-order chi connectivity index (χ0) is 41.7. The van der Waals surface area contributed by atoms with Gasteiger partial charge in [-0.1, -0.05) is 118 Å². The Labute approximate surface area is 347 Å². The zero-order valence-corrected chi connectivity index (χ0v) is 35.6. The Bertz CT molecular complexity index is 2400. The lowest BCUT2D eigenvalue weighted by Crippen LogP contribution is -2.67. The number of para-hydroxylation sites is 1. The number of piperidine rings is 3. The molecule has 4 heterocycles. The summed E-state index contributed by atoms with van der Waals surface area (Å²) in [6.45, 7) is 18.2. The fraction of sp³-hybridized carbons (Fsp3) is 0.314. The number of aliphatic hydroxyl groups excluding tert-OH is 1. The molecule has 8 heteroatoms. The number of hydrogen-bond donors (Lipinski definition) is 1. The lowest BCUT2D eigenvalue weighted by molar-refractivity contribution is -0.984. The summed E-state index contributed by atoms with van der Waals surface area (Å²) in [5.41, 5.74) is 7.35. The molecular formula is C51H54F3N2O2Si+. The molecule has 0 unspecified atom stereocenters. The minimum atomic E-state index is -4.44. The topological polar surface area (TPSA) is 42.4 Å². The molecule has 5 atom stereocenters. The van der Waals surface area contributed by atoms with Gasteiger partial charge in [0.1, 0.15) is 24.4 Å². The van der Waals surface area contributed by atoms with E-state index < -0.39 is 26.2 Å². The van der Waals surface area contributed by atoms with E-state index in [1.807, 2.05) is 42.5 Å². The fourth-order valence-electron chi connectivity index (χ4n) is 9.34. The molecule has 5 aromatic carbocycles. The van der Waals surface area contributed by atoms with Crippen LogP contribution in [0.25, 0.3) is 44.4 Å². The number of quaternary nitrogens is 1. The number of alkyl halides is 3. The van der Waals surface area contributed by atoms with Gasteiger partial charge in [-0.05, 0) is 77.1 Å². The van der Waals surface area contributed by atoms with E-state index in [0.717, 1.165) is 77.0 Å². The number of nitrogens with zero attached hydrogens (tertiary/aromatic N) is 2. The van der Waals surface area contributed by atoms with Crippen molar-refractivity contribution in [3.05, 3.63) is 157 Å². The van der Waals surface area contributed by atoms with Crippen LogP contribution in [0.2, 0.25) is 18.1 Å². The Balaban J connectivity index is 1.26. The van der Waals surface area contributed by atoms with Crippen LogP contribution < -0.4 is 4.43 Å². The second-order valence-electron chi connectivity index (χ2n) is 18.3. The van der Waals surface area contributed by atoms with Crippen LogP contribution >= 0.6 is 0 Å². The highest BCUT2D eigenvalue weighted by atomic mass is 28.4. The highest BCUT2D eigenvalue weighted by molar-refractivity contribution is 6.74. The fourth-order valence-corrected chi connectivity index (χ4v) is 10.4. The predicted molar refractivity (Wildman–Crippen MR) is 236 cm³/mol. The molecule has 1 N–H and O–H groups in total. The summed E-state index contributed by atoms with van der Waals surface area (Å²) in [5.74, 6) is 1.62. The minimum Gasteiger partial charge on any atom is -0.543 e. The van der Waals surface area contributed by atoms with Crippen LogP contribution in [0.15, 0.2) is 140 Å². The first-order valence-corrected chi connectivity index (χ1v) is 23.7.